The van der Waals surface area contributed by atoms with Gasteiger partial charge in [-0.25, -0.2) is 0 Å². The Balaban J connectivity index is 1.75. The Hall–Kier alpha value is -0.770. The molecule has 4 heteroatoms. The third-order valence-corrected chi connectivity index (χ3v) is 3.78. The highest BCUT2D eigenvalue weighted by Gasteiger charge is 2.34. The van der Waals surface area contributed by atoms with Gasteiger partial charge >= 0.3 is 0 Å². The second-order valence-electron chi connectivity index (χ2n) is 4.42. The molecule has 0 amide bonds. The number of nitrogens with two attached hydrogens (primary N) is 1. The van der Waals surface area contributed by atoms with Crippen LogP contribution in [0.5, 0.6) is 0 Å². The van der Waals surface area contributed by atoms with Crippen molar-refractivity contribution in [2.75, 3.05) is 17.2 Å². The van der Waals surface area contributed by atoms with Crippen molar-refractivity contribution < 1.29 is 0 Å². The van der Waals surface area contributed by atoms with Gasteiger partial charge in [0.1, 0.15) is 10.8 Å². The van der Waals surface area contributed by atoms with E-state index in [-0.39, 0.29) is 0 Å². The number of hydrogen-bond acceptors (Lipinski definition) is 4. The van der Waals surface area contributed by atoms with Crippen molar-refractivity contribution >= 4 is 22.4 Å². The maximum absolute atomic E-state index is 5.66. The lowest BCUT2D eigenvalue weighted by Crippen LogP contribution is -2.27. The van der Waals surface area contributed by atoms with E-state index in [1.165, 1.54) is 37.2 Å². The first-order chi connectivity index (χ1) is 6.83. The molecule has 76 valence electrons. The zero-order chi connectivity index (χ0) is 9.54. The summed E-state index contributed by atoms with van der Waals surface area (Å²) in [5.74, 6) is 1.62. The lowest BCUT2D eigenvalue weighted by molar-refractivity contribution is 0.724. The Bertz CT molecular complexity index is 328. The van der Waals surface area contributed by atoms with E-state index < -0.39 is 0 Å². The first-order valence-corrected chi connectivity index (χ1v) is 6.09. The summed E-state index contributed by atoms with van der Waals surface area (Å²) in [7, 11) is 0. The van der Waals surface area contributed by atoms with Crippen LogP contribution in [0.1, 0.15) is 25.7 Å². The van der Waals surface area contributed by atoms with E-state index in [2.05, 4.69) is 9.27 Å². The number of nitrogens with zero attached hydrogens (tertiary/aromatic N) is 2. The molecular weight excluding hydrogens is 194 g/mol. The lowest BCUT2D eigenvalue weighted by atomic mass is 10.3. The van der Waals surface area contributed by atoms with E-state index in [9.17, 15) is 0 Å². The van der Waals surface area contributed by atoms with Crippen molar-refractivity contribution in [1.29, 1.82) is 0 Å². The summed E-state index contributed by atoms with van der Waals surface area (Å²) in [6.45, 7) is 1.23. The maximum Gasteiger partial charge on any atom is 0.139 e. The highest BCUT2D eigenvalue weighted by molar-refractivity contribution is 7.10. The predicted octanol–water partition coefficient (Wildman–Crippen LogP) is 2.10. The summed E-state index contributed by atoms with van der Waals surface area (Å²) in [6.07, 6.45) is 5.53. The topological polar surface area (TPSA) is 42.1 Å². The molecule has 2 N–H and O–H groups in total. The highest BCUT2D eigenvalue weighted by atomic mass is 32.1. The van der Waals surface area contributed by atoms with Gasteiger partial charge < -0.3 is 10.6 Å². The average molecular weight is 209 g/mol. The predicted molar refractivity (Wildman–Crippen MR) is 59.6 cm³/mol. The molecule has 3 rings (SSSR count). The molecule has 3 nitrogen and oxygen atoms in total. The Kier molecular flexibility index (Phi) is 1.90. The smallest absolute Gasteiger partial charge is 0.139 e. The minimum atomic E-state index is 0.673. The number of aromatic nitrogens is 1. The molecule has 0 atom stereocenters. The first-order valence-electron chi connectivity index (χ1n) is 5.32. The summed E-state index contributed by atoms with van der Waals surface area (Å²) >= 11 is 1.55. The van der Waals surface area contributed by atoms with Gasteiger partial charge in [-0.1, -0.05) is 0 Å². The van der Waals surface area contributed by atoms with Crippen LogP contribution >= 0.6 is 11.5 Å². The normalized spacial score (nSPS) is 21.1. The van der Waals surface area contributed by atoms with Gasteiger partial charge in [0, 0.05) is 18.7 Å². The SMILES string of the molecule is Nc1cc(N(CC2CC2)C2CC2)sn1. The van der Waals surface area contributed by atoms with Crippen LogP contribution in [0.3, 0.4) is 0 Å². The van der Waals surface area contributed by atoms with Gasteiger partial charge in [-0.15, -0.1) is 0 Å². The van der Waals surface area contributed by atoms with Crippen molar-refractivity contribution in [3.63, 3.8) is 0 Å². The molecule has 14 heavy (non-hydrogen) atoms. The molecule has 2 fully saturated rings. The summed E-state index contributed by atoms with van der Waals surface area (Å²) in [6, 6.07) is 2.81. The van der Waals surface area contributed by atoms with Crippen LogP contribution in [0, 0.1) is 5.92 Å². The first kappa shape index (κ1) is 8.53. The highest BCUT2D eigenvalue weighted by Crippen LogP contribution is 2.39. The fourth-order valence-corrected chi connectivity index (χ4v) is 2.55. The Morgan fingerprint density at radius 3 is 2.71 bits per heavy atom. The second kappa shape index (κ2) is 3.12. The fraction of sp³-hybridized carbons (Fsp3) is 0.700. The third-order valence-electron chi connectivity index (χ3n) is 2.94. The molecule has 0 radical (unpaired) electrons. The van der Waals surface area contributed by atoms with Crippen LogP contribution in [-0.2, 0) is 0 Å². The maximum atomic E-state index is 5.66. The van der Waals surface area contributed by atoms with Crippen molar-refractivity contribution in [3.05, 3.63) is 6.07 Å². The van der Waals surface area contributed by atoms with E-state index in [0.29, 0.717) is 5.82 Å². The van der Waals surface area contributed by atoms with E-state index in [1.807, 2.05) is 6.07 Å². The van der Waals surface area contributed by atoms with Crippen molar-refractivity contribution in [2.24, 2.45) is 5.92 Å². The van der Waals surface area contributed by atoms with E-state index in [4.69, 9.17) is 5.73 Å². The quantitative estimate of drug-likeness (QED) is 0.825. The molecule has 1 aromatic rings. The Morgan fingerprint density at radius 2 is 2.21 bits per heavy atom. The minimum Gasteiger partial charge on any atom is -0.383 e. The molecular formula is C10H15N3S. The third kappa shape index (κ3) is 1.71. The Morgan fingerprint density at radius 1 is 1.43 bits per heavy atom. The Labute approximate surface area is 88.1 Å². The molecule has 0 aliphatic heterocycles. The zero-order valence-corrected chi connectivity index (χ0v) is 8.96. The standard InChI is InChI=1S/C10H15N3S/c11-9-5-10(14-12-9)13(8-3-4-8)6-7-1-2-7/h5,7-8H,1-4,6H2,(H2,11,12). The molecule has 0 bridgehead atoms. The zero-order valence-electron chi connectivity index (χ0n) is 8.15. The summed E-state index contributed by atoms with van der Waals surface area (Å²) in [5.41, 5.74) is 5.66. The van der Waals surface area contributed by atoms with E-state index in [1.54, 1.807) is 11.5 Å². The fourth-order valence-electron chi connectivity index (χ4n) is 1.80. The summed E-state index contributed by atoms with van der Waals surface area (Å²) in [5, 5.41) is 1.27. The monoisotopic (exact) mass is 209 g/mol. The molecule has 0 aromatic carbocycles. The van der Waals surface area contributed by atoms with Crippen LogP contribution in [0.2, 0.25) is 0 Å². The molecule has 0 unspecified atom stereocenters. The van der Waals surface area contributed by atoms with Gasteiger partial charge in [-0.05, 0) is 43.1 Å². The number of rotatable bonds is 4. The van der Waals surface area contributed by atoms with Gasteiger partial charge in [-0.3, -0.25) is 0 Å². The van der Waals surface area contributed by atoms with Gasteiger partial charge in [-0.2, -0.15) is 4.37 Å². The summed E-state index contributed by atoms with van der Waals surface area (Å²) in [4.78, 5) is 2.52. The van der Waals surface area contributed by atoms with Crippen molar-refractivity contribution in [2.45, 2.75) is 31.7 Å². The molecule has 2 aliphatic carbocycles. The van der Waals surface area contributed by atoms with E-state index >= 15 is 0 Å². The van der Waals surface area contributed by atoms with Crippen molar-refractivity contribution in [1.82, 2.24) is 4.37 Å². The second-order valence-corrected chi connectivity index (χ2v) is 5.20. The van der Waals surface area contributed by atoms with Gasteiger partial charge in [0.15, 0.2) is 0 Å². The average Bonchev–Trinajstić information content (AvgIpc) is 3.04. The van der Waals surface area contributed by atoms with Crippen LogP contribution in [0.15, 0.2) is 6.07 Å². The molecule has 1 heterocycles. The van der Waals surface area contributed by atoms with Crippen LogP contribution in [-0.4, -0.2) is 17.0 Å². The molecule has 0 saturated heterocycles. The van der Waals surface area contributed by atoms with Crippen LogP contribution in [0.25, 0.3) is 0 Å². The molecule has 2 aliphatic rings. The minimum absolute atomic E-state index is 0.673. The lowest BCUT2D eigenvalue weighted by Gasteiger charge is -2.21. The molecule has 0 spiro atoms. The number of nitrogen functional groups attached to an aromatic ring is 1. The largest absolute Gasteiger partial charge is 0.383 e. The molecule has 1 aromatic heterocycles. The van der Waals surface area contributed by atoms with Crippen molar-refractivity contribution in [3.8, 4) is 0 Å². The van der Waals surface area contributed by atoms with Crippen LogP contribution in [0.4, 0.5) is 10.8 Å². The molecule has 2 saturated carbocycles. The number of hydrogen-bond donors (Lipinski definition) is 1. The van der Waals surface area contributed by atoms with Gasteiger partial charge in [0.05, 0.1) is 0 Å². The van der Waals surface area contributed by atoms with E-state index in [0.717, 1.165) is 12.0 Å². The number of anilines is 2. The van der Waals surface area contributed by atoms with Gasteiger partial charge in [0.25, 0.3) is 0 Å². The van der Waals surface area contributed by atoms with Gasteiger partial charge in [0.2, 0.25) is 0 Å². The van der Waals surface area contributed by atoms with Crippen LogP contribution < -0.4 is 10.6 Å². The summed E-state index contributed by atoms with van der Waals surface area (Å²) < 4.78 is 4.15.